The van der Waals surface area contributed by atoms with Gasteiger partial charge in [-0.25, -0.2) is 0 Å². The van der Waals surface area contributed by atoms with Crippen LogP contribution in [0.2, 0.25) is 0 Å². The number of hydrogen-bond acceptors (Lipinski definition) is 5. The summed E-state index contributed by atoms with van der Waals surface area (Å²) in [5.74, 6) is -1.03. The molecule has 0 saturated carbocycles. The molecule has 3 aliphatic heterocycles. The van der Waals surface area contributed by atoms with Crippen molar-refractivity contribution < 1.29 is 19.1 Å². The van der Waals surface area contributed by atoms with Crippen LogP contribution in [0.15, 0.2) is 103 Å². The van der Waals surface area contributed by atoms with Gasteiger partial charge in [-0.2, -0.15) is 0 Å². The van der Waals surface area contributed by atoms with Crippen molar-refractivity contribution in [2.75, 3.05) is 5.32 Å². The zero-order valence-corrected chi connectivity index (χ0v) is 25.7. The lowest BCUT2D eigenvalue weighted by Gasteiger charge is -2.38. The van der Waals surface area contributed by atoms with Crippen LogP contribution in [0.3, 0.4) is 0 Å². The molecule has 6 nitrogen and oxygen atoms in total. The molecule has 6 heteroatoms. The van der Waals surface area contributed by atoms with Gasteiger partial charge in [0.05, 0.1) is 18.1 Å². The number of nitrogens with one attached hydrogen (secondary N) is 1. The number of anilines is 1. The summed E-state index contributed by atoms with van der Waals surface area (Å²) in [7, 11) is 0. The van der Waals surface area contributed by atoms with E-state index in [0.29, 0.717) is 22.6 Å². The van der Waals surface area contributed by atoms with Crippen LogP contribution < -0.4 is 10.1 Å². The van der Waals surface area contributed by atoms with Crippen molar-refractivity contribution in [2.45, 2.75) is 57.2 Å². The minimum atomic E-state index is -1.35. The maximum Gasteiger partial charge on any atom is 0.238 e. The molecule has 1 N–H and O–H groups in total. The van der Waals surface area contributed by atoms with E-state index in [2.05, 4.69) is 12.2 Å². The first-order valence-electron chi connectivity index (χ1n) is 15.7. The minimum Gasteiger partial charge on any atom is -0.491 e. The molecule has 1 amide bonds. The van der Waals surface area contributed by atoms with Crippen LogP contribution in [-0.2, 0) is 16.6 Å². The lowest BCUT2D eigenvalue weighted by Crippen LogP contribution is -2.49. The third-order valence-electron chi connectivity index (χ3n) is 9.41. The number of carbonyl (C=O) groups excluding carboxylic acids is 3. The zero-order chi connectivity index (χ0) is 31.3. The van der Waals surface area contributed by atoms with Crippen molar-refractivity contribution in [3.05, 3.63) is 137 Å². The summed E-state index contributed by atoms with van der Waals surface area (Å²) in [5.41, 5.74) is 4.05. The number of rotatable bonds is 8. The van der Waals surface area contributed by atoms with E-state index in [1.54, 1.807) is 24.3 Å². The number of ketones is 2. The predicted molar refractivity (Wildman–Crippen MR) is 175 cm³/mol. The first-order valence-corrected chi connectivity index (χ1v) is 15.7. The van der Waals surface area contributed by atoms with Gasteiger partial charge in [-0.05, 0) is 78.9 Å². The highest BCUT2D eigenvalue weighted by Gasteiger charge is 2.70. The summed E-state index contributed by atoms with van der Waals surface area (Å²) in [6.45, 7) is 6.02. The molecule has 0 aliphatic carbocycles. The van der Waals surface area contributed by atoms with E-state index in [4.69, 9.17) is 4.74 Å². The fourth-order valence-electron chi connectivity index (χ4n) is 7.61. The van der Waals surface area contributed by atoms with E-state index in [1.165, 1.54) is 0 Å². The number of fused-ring (bicyclic) bond motifs is 6. The number of hydrogen-bond donors (Lipinski definition) is 1. The van der Waals surface area contributed by atoms with E-state index in [0.717, 1.165) is 35.1 Å². The number of para-hydroxylation sites is 1. The van der Waals surface area contributed by atoms with Gasteiger partial charge in [-0.3, -0.25) is 14.4 Å². The SMILES string of the molecule is CCCc1ccc(C(=O)[C@H]2[C@H](C(=O)c3ccc(OC(C)C)cc3)N3C=Cc4ccccc4[C@@H]3[C@]23C(=O)Nc2ccccc23)cc1. The molecule has 4 aromatic rings. The van der Waals surface area contributed by atoms with Gasteiger partial charge in [-0.1, -0.05) is 80.1 Å². The van der Waals surface area contributed by atoms with Crippen molar-refractivity contribution in [1.29, 1.82) is 0 Å². The van der Waals surface area contributed by atoms with Crippen LogP contribution in [0.5, 0.6) is 5.75 Å². The summed E-state index contributed by atoms with van der Waals surface area (Å²) >= 11 is 0. The average molecular weight is 597 g/mol. The van der Waals surface area contributed by atoms with Crippen LogP contribution in [0.4, 0.5) is 5.69 Å². The quantitative estimate of drug-likeness (QED) is 0.215. The standard InChI is InChI=1S/C39H36N2O4/c1-4-9-25-14-16-27(17-15-25)35(42)33-34(36(43)28-18-20-29(21-19-28)45-24(2)3)41-23-22-26-10-5-6-11-30(26)37(41)39(33)31-12-7-8-13-32(31)40-38(39)44/h5-8,10-24,33-34,37H,4,9H2,1-3H3,(H,40,44)/t33-,34-,37-,39-/m1/s1. The second-order valence-electron chi connectivity index (χ2n) is 12.5. The van der Waals surface area contributed by atoms with Gasteiger partial charge in [0.1, 0.15) is 17.2 Å². The Morgan fingerprint density at radius 1 is 0.867 bits per heavy atom. The highest BCUT2D eigenvalue weighted by molar-refractivity contribution is 6.16. The third-order valence-corrected chi connectivity index (χ3v) is 9.41. The Morgan fingerprint density at radius 2 is 1.53 bits per heavy atom. The Balaban J connectivity index is 1.45. The molecular formula is C39H36N2O4. The fourth-order valence-corrected chi connectivity index (χ4v) is 7.61. The van der Waals surface area contributed by atoms with Gasteiger partial charge in [-0.15, -0.1) is 0 Å². The van der Waals surface area contributed by atoms with Gasteiger partial charge >= 0.3 is 0 Å². The third kappa shape index (κ3) is 4.50. The van der Waals surface area contributed by atoms with Crippen LogP contribution in [0, 0.1) is 5.92 Å². The molecule has 3 aliphatic rings. The van der Waals surface area contributed by atoms with Crippen LogP contribution in [0.1, 0.15) is 76.2 Å². The van der Waals surface area contributed by atoms with Crippen molar-refractivity contribution >= 4 is 29.2 Å². The van der Waals surface area contributed by atoms with E-state index in [-0.39, 0.29) is 23.6 Å². The molecule has 1 saturated heterocycles. The van der Waals surface area contributed by atoms with Gasteiger partial charge in [0.15, 0.2) is 11.6 Å². The second-order valence-corrected chi connectivity index (χ2v) is 12.5. The number of Topliss-reactive ketones (excluding diaryl/α,β-unsaturated/α-hetero) is 2. The van der Waals surface area contributed by atoms with Crippen LogP contribution in [-0.4, -0.2) is 34.5 Å². The molecule has 45 heavy (non-hydrogen) atoms. The number of aryl methyl sites for hydroxylation is 1. The summed E-state index contributed by atoms with van der Waals surface area (Å²) in [6, 6.07) is 28.8. The highest BCUT2D eigenvalue weighted by atomic mass is 16.5. The summed E-state index contributed by atoms with van der Waals surface area (Å²) in [6.07, 6.45) is 5.78. The molecule has 0 unspecified atom stereocenters. The first kappa shape index (κ1) is 28.8. The largest absolute Gasteiger partial charge is 0.491 e. The topological polar surface area (TPSA) is 75.7 Å². The zero-order valence-electron chi connectivity index (χ0n) is 25.7. The Labute approximate surface area is 263 Å². The molecule has 1 fully saturated rings. The lowest BCUT2D eigenvalue weighted by atomic mass is 9.62. The number of ether oxygens (including phenoxy) is 1. The molecule has 3 heterocycles. The Hall–Kier alpha value is -4.97. The minimum absolute atomic E-state index is 0.00720. The van der Waals surface area contributed by atoms with E-state index < -0.39 is 23.4 Å². The van der Waals surface area contributed by atoms with Crippen molar-refractivity contribution in [2.24, 2.45) is 5.92 Å². The average Bonchev–Trinajstić information content (AvgIpc) is 3.53. The van der Waals surface area contributed by atoms with Gasteiger partial charge in [0.2, 0.25) is 5.91 Å². The molecule has 4 aromatic carbocycles. The van der Waals surface area contributed by atoms with Crippen molar-refractivity contribution in [3.8, 4) is 5.75 Å². The normalized spacial score (nSPS) is 22.6. The molecular weight excluding hydrogens is 560 g/mol. The van der Waals surface area contributed by atoms with E-state index in [9.17, 15) is 9.59 Å². The van der Waals surface area contributed by atoms with E-state index >= 15 is 4.79 Å². The summed E-state index contributed by atoms with van der Waals surface area (Å²) in [4.78, 5) is 46.4. The maximum atomic E-state index is 15.0. The monoisotopic (exact) mass is 596 g/mol. The van der Waals surface area contributed by atoms with Gasteiger partial charge in [0.25, 0.3) is 0 Å². The smallest absolute Gasteiger partial charge is 0.238 e. The molecule has 1 spiro atoms. The summed E-state index contributed by atoms with van der Waals surface area (Å²) in [5, 5.41) is 3.11. The van der Waals surface area contributed by atoms with Gasteiger partial charge < -0.3 is 15.0 Å². The molecule has 4 atom stereocenters. The lowest BCUT2D eigenvalue weighted by molar-refractivity contribution is -0.122. The Kier molecular flexibility index (Phi) is 7.16. The molecule has 226 valence electrons. The number of carbonyl (C=O) groups is 3. The Bertz CT molecular complexity index is 1820. The molecule has 7 rings (SSSR count). The van der Waals surface area contributed by atoms with Crippen LogP contribution >= 0.6 is 0 Å². The number of nitrogens with zero attached hydrogens (tertiary/aromatic N) is 1. The highest BCUT2D eigenvalue weighted by Crippen LogP contribution is 2.62. The van der Waals surface area contributed by atoms with Crippen molar-refractivity contribution in [3.63, 3.8) is 0 Å². The molecule has 0 bridgehead atoms. The molecule has 0 radical (unpaired) electrons. The Morgan fingerprint density at radius 3 is 2.27 bits per heavy atom. The first-order chi connectivity index (χ1) is 21.8. The van der Waals surface area contributed by atoms with Crippen molar-refractivity contribution in [1.82, 2.24) is 4.90 Å². The van der Waals surface area contributed by atoms with E-state index in [1.807, 2.05) is 104 Å². The summed E-state index contributed by atoms with van der Waals surface area (Å²) < 4.78 is 5.83. The van der Waals surface area contributed by atoms with Crippen LogP contribution in [0.25, 0.3) is 6.08 Å². The second kappa shape index (κ2) is 11.2. The predicted octanol–water partition coefficient (Wildman–Crippen LogP) is 7.41. The number of amides is 1. The molecule has 0 aromatic heterocycles. The number of benzene rings is 4. The van der Waals surface area contributed by atoms with Gasteiger partial charge in [0, 0.05) is 23.0 Å². The fraction of sp³-hybridized carbons (Fsp3) is 0.256. The maximum absolute atomic E-state index is 15.0.